The largest absolute Gasteiger partial charge is 0.449 e. The summed E-state index contributed by atoms with van der Waals surface area (Å²) < 4.78 is 49.0. The lowest BCUT2D eigenvalue weighted by Crippen LogP contribution is -2.37. The van der Waals surface area contributed by atoms with Crippen LogP contribution in [-0.4, -0.2) is 69.4 Å². The van der Waals surface area contributed by atoms with Crippen LogP contribution in [0.5, 0.6) is 0 Å². The van der Waals surface area contributed by atoms with Gasteiger partial charge < -0.3 is 25.3 Å². The number of carbonyl (C=O) groups excluding carboxylic acids is 2. The number of aromatic nitrogens is 4. The van der Waals surface area contributed by atoms with Gasteiger partial charge in [-0.2, -0.15) is 18.3 Å². The molecule has 0 bridgehead atoms. The standard InChI is InChI=1S/C27H28F3N7O3/c1-4-22(38)35-13-17(12-18(35)14-40-3)37-25(32-2)23(24(31)39)19(34-37)9-5-15-6-10-21-20(11-15)33-26(27(28,29)30)36(21)16-7-8-16/h4,6,10-11,16-18,32H,1,7-8,12-14H2,2-3H3,(H2,31,39)/t17-,18+/m0/s1. The highest BCUT2D eigenvalue weighted by Gasteiger charge is 2.42. The topological polar surface area (TPSA) is 120 Å². The second kappa shape index (κ2) is 10.3. The number of benzene rings is 1. The number of nitrogens with two attached hydrogens (primary N) is 1. The third kappa shape index (κ3) is 4.90. The SMILES string of the molecule is C=CC(=O)N1C[C@@H](n2nc(C#Cc3ccc4c(c3)nc(C(F)(F)F)n4C3CC3)c(C(N)=O)c2NC)C[C@@H]1COC. The van der Waals surface area contributed by atoms with Crippen molar-refractivity contribution in [2.45, 2.75) is 43.6 Å². The number of halogens is 3. The van der Waals surface area contributed by atoms with Crippen LogP contribution in [0.1, 0.15) is 58.8 Å². The summed E-state index contributed by atoms with van der Waals surface area (Å²) in [5, 5.41) is 7.53. The van der Waals surface area contributed by atoms with E-state index in [0.29, 0.717) is 49.3 Å². The highest BCUT2D eigenvalue weighted by atomic mass is 19.4. The number of primary amides is 1. The van der Waals surface area contributed by atoms with E-state index in [1.54, 1.807) is 35.9 Å². The molecular weight excluding hydrogens is 527 g/mol. The van der Waals surface area contributed by atoms with E-state index in [1.165, 1.54) is 16.7 Å². The number of hydrogen-bond acceptors (Lipinski definition) is 6. The second-order valence-corrected chi connectivity index (χ2v) is 9.81. The first-order valence-electron chi connectivity index (χ1n) is 12.7. The number of rotatable bonds is 7. The first kappa shape index (κ1) is 27.3. The Labute approximate surface area is 228 Å². The van der Waals surface area contributed by atoms with Crippen molar-refractivity contribution in [1.82, 2.24) is 24.2 Å². The number of hydrogen-bond donors (Lipinski definition) is 2. The van der Waals surface area contributed by atoms with Crippen LogP contribution in [0, 0.1) is 11.8 Å². The summed E-state index contributed by atoms with van der Waals surface area (Å²) in [4.78, 5) is 30.4. The van der Waals surface area contributed by atoms with Crippen LogP contribution in [0.25, 0.3) is 11.0 Å². The molecule has 3 aromatic rings. The monoisotopic (exact) mass is 555 g/mol. The number of anilines is 1. The number of alkyl halides is 3. The molecule has 1 saturated heterocycles. The quantitative estimate of drug-likeness (QED) is 0.342. The van der Waals surface area contributed by atoms with Gasteiger partial charge in [0.05, 0.1) is 29.7 Å². The minimum Gasteiger partial charge on any atom is -0.383 e. The second-order valence-electron chi connectivity index (χ2n) is 9.81. The fraction of sp³-hybridized carbons (Fsp3) is 0.407. The number of nitrogens with one attached hydrogen (secondary N) is 1. The van der Waals surface area contributed by atoms with Gasteiger partial charge >= 0.3 is 6.18 Å². The van der Waals surface area contributed by atoms with Gasteiger partial charge in [0.2, 0.25) is 11.7 Å². The van der Waals surface area contributed by atoms with E-state index in [1.807, 2.05) is 0 Å². The maximum absolute atomic E-state index is 13.6. The van der Waals surface area contributed by atoms with Crippen LogP contribution in [-0.2, 0) is 15.7 Å². The molecule has 0 radical (unpaired) electrons. The maximum atomic E-state index is 13.6. The van der Waals surface area contributed by atoms with E-state index in [9.17, 15) is 22.8 Å². The molecule has 2 aromatic heterocycles. The zero-order valence-corrected chi connectivity index (χ0v) is 22.0. The fourth-order valence-corrected chi connectivity index (χ4v) is 5.28. The molecule has 2 aliphatic rings. The lowest BCUT2D eigenvalue weighted by Gasteiger charge is -2.22. The predicted octanol–water partition coefficient (Wildman–Crippen LogP) is 3.10. The number of likely N-dealkylation sites (tertiary alicyclic amines) is 1. The lowest BCUT2D eigenvalue weighted by molar-refractivity contribution is -0.147. The number of carbonyl (C=O) groups is 2. The number of amides is 2. The molecule has 3 N–H and O–H groups in total. The van der Waals surface area contributed by atoms with E-state index in [4.69, 9.17) is 10.5 Å². The fourth-order valence-electron chi connectivity index (χ4n) is 5.28. The maximum Gasteiger partial charge on any atom is 0.449 e. The number of ether oxygens (including phenoxy) is 1. The summed E-state index contributed by atoms with van der Waals surface area (Å²) in [6.07, 6.45) is -1.48. The molecule has 1 aromatic carbocycles. The molecule has 1 aliphatic carbocycles. The summed E-state index contributed by atoms with van der Waals surface area (Å²) >= 11 is 0. The van der Waals surface area contributed by atoms with Gasteiger partial charge in [-0.15, -0.1) is 0 Å². The van der Waals surface area contributed by atoms with E-state index < -0.39 is 17.9 Å². The van der Waals surface area contributed by atoms with E-state index in [2.05, 4.69) is 33.8 Å². The summed E-state index contributed by atoms with van der Waals surface area (Å²) in [7, 11) is 3.17. The molecule has 10 nitrogen and oxygen atoms in total. The van der Waals surface area contributed by atoms with Crippen molar-refractivity contribution in [3.05, 3.63) is 53.5 Å². The van der Waals surface area contributed by atoms with Crippen LogP contribution in [0.2, 0.25) is 0 Å². The Hall–Kier alpha value is -4.31. The molecule has 2 atom stereocenters. The Morgan fingerprint density at radius 2 is 2.02 bits per heavy atom. The molecule has 0 spiro atoms. The van der Waals surface area contributed by atoms with Crippen LogP contribution in [0.15, 0.2) is 30.9 Å². The predicted molar refractivity (Wildman–Crippen MR) is 141 cm³/mol. The minimum atomic E-state index is -4.57. The first-order chi connectivity index (χ1) is 19.1. The number of nitrogens with zero attached hydrogens (tertiary/aromatic N) is 5. The molecule has 5 rings (SSSR count). The smallest absolute Gasteiger partial charge is 0.383 e. The van der Waals surface area contributed by atoms with Gasteiger partial charge in [-0.3, -0.25) is 9.59 Å². The van der Waals surface area contributed by atoms with Gasteiger partial charge in [-0.25, -0.2) is 9.67 Å². The van der Waals surface area contributed by atoms with Gasteiger partial charge in [0.25, 0.3) is 5.91 Å². The number of imidazole rings is 1. The summed E-state index contributed by atoms with van der Waals surface area (Å²) in [5.74, 6) is 4.18. The average molecular weight is 556 g/mol. The Morgan fingerprint density at radius 3 is 2.62 bits per heavy atom. The molecule has 40 heavy (non-hydrogen) atoms. The van der Waals surface area contributed by atoms with E-state index in [0.717, 1.165) is 0 Å². The normalized spacial score (nSPS) is 19.0. The van der Waals surface area contributed by atoms with E-state index in [-0.39, 0.29) is 40.8 Å². The van der Waals surface area contributed by atoms with Crippen molar-refractivity contribution < 1.29 is 27.5 Å². The third-order valence-corrected chi connectivity index (χ3v) is 7.13. The lowest BCUT2D eigenvalue weighted by atomic mass is 10.1. The van der Waals surface area contributed by atoms with E-state index >= 15 is 0 Å². The molecule has 1 aliphatic heterocycles. The van der Waals surface area contributed by atoms with Crippen molar-refractivity contribution in [1.29, 1.82) is 0 Å². The molecule has 2 fully saturated rings. The molecule has 210 valence electrons. The van der Waals surface area contributed by atoms with Crippen molar-refractivity contribution in [3.63, 3.8) is 0 Å². The summed E-state index contributed by atoms with van der Waals surface area (Å²) in [5.41, 5.74) is 6.86. The molecule has 2 amide bonds. The van der Waals surface area contributed by atoms with Gasteiger partial charge in [0.1, 0.15) is 11.4 Å². The van der Waals surface area contributed by atoms with Crippen LogP contribution in [0.4, 0.5) is 19.0 Å². The van der Waals surface area contributed by atoms with Crippen molar-refractivity contribution in [2.24, 2.45) is 5.73 Å². The molecule has 3 heterocycles. The van der Waals surface area contributed by atoms with Crippen LogP contribution < -0.4 is 11.1 Å². The number of fused-ring (bicyclic) bond motifs is 1. The zero-order chi connectivity index (χ0) is 28.8. The minimum absolute atomic E-state index is 0.0743. The van der Waals surface area contributed by atoms with Gasteiger partial charge in [-0.05, 0) is 49.5 Å². The Kier molecular flexibility index (Phi) is 7.05. The van der Waals surface area contributed by atoms with Crippen LogP contribution in [0.3, 0.4) is 0 Å². The molecular formula is C27H28F3N7O3. The molecule has 1 saturated carbocycles. The summed E-state index contributed by atoms with van der Waals surface area (Å²) in [6.45, 7) is 4.19. The number of methoxy groups -OCH3 is 1. The van der Waals surface area contributed by atoms with Gasteiger partial charge in [-0.1, -0.05) is 12.5 Å². The third-order valence-electron chi connectivity index (χ3n) is 7.13. The Morgan fingerprint density at radius 1 is 1.27 bits per heavy atom. The van der Waals surface area contributed by atoms with Crippen molar-refractivity contribution in [2.75, 3.05) is 32.6 Å². The Bertz CT molecular complexity index is 1560. The van der Waals surface area contributed by atoms with Crippen molar-refractivity contribution in [3.8, 4) is 11.8 Å². The highest BCUT2D eigenvalue weighted by Crippen LogP contribution is 2.43. The van der Waals surface area contributed by atoms with Gasteiger partial charge in [0.15, 0.2) is 5.69 Å². The van der Waals surface area contributed by atoms with Crippen LogP contribution >= 0.6 is 0 Å². The summed E-state index contributed by atoms with van der Waals surface area (Å²) in [6, 6.07) is 3.94. The highest BCUT2D eigenvalue weighted by molar-refractivity contribution is 6.00. The Balaban J connectivity index is 1.52. The molecule has 13 heteroatoms. The average Bonchev–Trinajstić information content (AvgIpc) is 3.38. The van der Waals surface area contributed by atoms with Gasteiger partial charge in [0, 0.05) is 32.3 Å². The molecule has 0 unspecified atom stereocenters. The zero-order valence-electron chi connectivity index (χ0n) is 22.0. The first-order valence-corrected chi connectivity index (χ1v) is 12.7. The van der Waals surface area contributed by atoms with Crippen molar-refractivity contribution >= 4 is 28.7 Å².